The number of ether oxygens (including phenoxy) is 1. The standard InChI is InChI=1S/C15H18ClNO4/c1-10-6-8-17(14(10)15(19)20)13(18)7-9-21-12-5-3-2-4-11(12)16/h2-5,10,14H,6-9H2,1H3,(H,19,20). The van der Waals surface area contributed by atoms with Crippen LogP contribution in [0.25, 0.3) is 0 Å². The lowest BCUT2D eigenvalue weighted by molar-refractivity contribution is -0.149. The van der Waals surface area contributed by atoms with Gasteiger partial charge in [-0.1, -0.05) is 30.7 Å². The van der Waals surface area contributed by atoms with Crippen LogP contribution in [0.1, 0.15) is 19.8 Å². The molecule has 2 atom stereocenters. The van der Waals surface area contributed by atoms with Crippen molar-refractivity contribution < 1.29 is 19.4 Å². The maximum atomic E-state index is 12.1. The highest BCUT2D eigenvalue weighted by atomic mass is 35.5. The molecule has 0 saturated carbocycles. The van der Waals surface area contributed by atoms with E-state index in [-0.39, 0.29) is 24.9 Å². The molecule has 1 amide bonds. The third-order valence-electron chi connectivity index (χ3n) is 3.68. The van der Waals surface area contributed by atoms with Crippen molar-refractivity contribution >= 4 is 23.5 Å². The number of benzene rings is 1. The molecule has 1 aliphatic rings. The molecule has 1 aromatic rings. The van der Waals surface area contributed by atoms with E-state index in [1.54, 1.807) is 24.3 Å². The summed E-state index contributed by atoms with van der Waals surface area (Å²) in [5.74, 6) is -0.633. The average molecular weight is 312 g/mol. The van der Waals surface area contributed by atoms with Crippen molar-refractivity contribution in [3.63, 3.8) is 0 Å². The zero-order chi connectivity index (χ0) is 15.4. The number of rotatable bonds is 5. The predicted octanol–water partition coefficient (Wildman–Crippen LogP) is 2.43. The molecule has 1 aromatic carbocycles. The van der Waals surface area contributed by atoms with Gasteiger partial charge in [0.2, 0.25) is 5.91 Å². The van der Waals surface area contributed by atoms with Crippen LogP contribution >= 0.6 is 11.6 Å². The van der Waals surface area contributed by atoms with Gasteiger partial charge in [0, 0.05) is 6.54 Å². The molecule has 2 rings (SSSR count). The highest BCUT2D eigenvalue weighted by Crippen LogP contribution is 2.26. The van der Waals surface area contributed by atoms with E-state index in [0.29, 0.717) is 23.7 Å². The Balaban J connectivity index is 1.88. The topological polar surface area (TPSA) is 66.8 Å². The number of carbonyl (C=O) groups is 2. The smallest absolute Gasteiger partial charge is 0.326 e. The lowest BCUT2D eigenvalue weighted by Crippen LogP contribution is -2.43. The van der Waals surface area contributed by atoms with Gasteiger partial charge in [0.05, 0.1) is 18.1 Å². The number of hydrogen-bond acceptors (Lipinski definition) is 3. The Kier molecular flexibility index (Phi) is 5.07. The fraction of sp³-hybridized carbons (Fsp3) is 0.467. The van der Waals surface area contributed by atoms with Gasteiger partial charge in [-0.05, 0) is 24.5 Å². The fourth-order valence-electron chi connectivity index (χ4n) is 2.56. The first-order valence-electron chi connectivity index (χ1n) is 6.90. The number of halogens is 1. The molecule has 0 aromatic heterocycles. The van der Waals surface area contributed by atoms with Crippen LogP contribution in [-0.2, 0) is 9.59 Å². The first kappa shape index (κ1) is 15.6. The second-order valence-electron chi connectivity index (χ2n) is 5.17. The van der Waals surface area contributed by atoms with Gasteiger partial charge < -0.3 is 14.7 Å². The summed E-state index contributed by atoms with van der Waals surface area (Å²) in [6, 6.07) is 6.30. The first-order valence-corrected chi connectivity index (χ1v) is 7.28. The van der Waals surface area contributed by atoms with Crippen LogP contribution < -0.4 is 4.74 Å². The molecule has 1 N–H and O–H groups in total. The number of aliphatic carboxylic acids is 1. The van der Waals surface area contributed by atoms with E-state index in [9.17, 15) is 14.7 Å². The number of carbonyl (C=O) groups excluding carboxylic acids is 1. The van der Waals surface area contributed by atoms with E-state index in [2.05, 4.69) is 0 Å². The van der Waals surface area contributed by atoms with E-state index >= 15 is 0 Å². The van der Waals surface area contributed by atoms with Crippen molar-refractivity contribution in [2.24, 2.45) is 5.92 Å². The Morgan fingerprint density at radius 3 is 2.81 bits per heavy atom. The molecule has 0 spiro atoms. The van der Waals surface area contributed by atoms with Gasteiger partial charge in [0.15, 0.2) is 0 Å². The average Bonchev–Trinajstić information content (AvgIpc) is 2.83. The van der Waals surface area contributed by atoms with Crippen LogP contribution in [0.15, 0.2) is 24.3 Å². The molecule has 1 aliphatic heterocycles. The van der Waals surface area contributed by atoms with Crippen LogP contribution in [0.5, 0.6) is 5.75 Å². The lowest BCUT2D eigenvalue weighted by Gasteiger charge is -2.23. The van der Waals surface area contributed by atoms with Crippen molar-refractivity contribution in [2.45, 2.75) is 25.8 Å². The summed E-state index contributed by atoms with van der Waals surface area (Å²) in [7, 11) is 0. The minimum absolute atomic E-state index is 0.0177. The second-order valence-corrected chi connectivity index (χ2v) is 5.57. The van der Waals surface area contributed by atoms with Crippen molar-refractivity contribution in [2.75, 3.05) is 13.2 Å². The lowest BCUT2D eigenvalue weighted by atomic mass is 10.0. The summed E-state index contributed by atoms with van der Waals surface area (Å²) in [5.41, 5.74) is 0. The van der Waals surface area contributed by atoms with Gasteiger partial charge >= 0.3 is 5.97 Å². The SMILES string of the molecule is CC1CCN(C(=O)CCOc2ccccc2Cl)C1C(=O)O. The maximum Gasteiger partial charge on any atom is 0.326 e. The number of para-hydroxylation sites is 1. The van der Waals surface area contributed by atoms with E-state index < -0.39 is 12.0 Å². The van der Waals surface area contributed by atoms with Crippen molar-refractivity contribution in [3.8, 4) is 5.75 Å². The largest absolute Gasteiger partial charge is 0.491 e. The number of amides is 1. The molecule has 5 nitrogen and oxygen atoms in total. The summed E-state index contributed by atoms with van der Waals surface area (Å²) in [6.07, 6.45) is 0.857. The summed E-state index contributed by atoms with van der Waals surface area (Å²) in [4.78, 5) is 24.8. The Morgan fingerprint density at radius 1 is 1.43 bits per heavy atom. The summed E-state index contributed by atoms with van der Waals surface area (Å²) in [5, 5.41) is 9.69. The Labute approximate surface area is 128 Å². The van der Waals surface area contributed by atoms with Crippen LogP contribution in [0, 0.1) is 5.92 Å². The third-order valence-corrected chi connectivity index (χ3v) is 4.00. The predicted molar refractivity (Wildman–Crippen MR) is 78.5 cm³/mol. The Morgan fingerprint density at radius 2 is 2.14 bits per heavy atom. The molecule has 1 fully saturated rings. The minimum Gasteiger partial charge on any atom is -0.491 e. The Bertz CT molecular complexity index is 534. The molecule has 1 saturated heterocycles. The minimum atomic E-state index is -0.944. The summed E-state index contributed by atoms with van der Waals surface area (Å²) in [6.45, 7) is 2.52. The van der Waals surface area contributed by atoms with E-state index in [4.69, 9.17) is 16.3 Å². The van der Waals surface area contributed by atoms with Gasteiger partial charge in [-0.3, -0.25) is 4.79 Å². The molecule has 6 heteroatoms. The number of nitrogens with zero attached hydrogens (tertiary/aromatic N) is 1. The van der Waals surface area contributed by atoms with Crippen molar-refractivity contribution in [1.29, 1.82) is 0 Å². The summed E-state index contributed by atoms with van der Waals surface area (Å²) < 4.78 is 5.46. The summed E-state index contributed by atoms with van der Waals surface area (Å²) >= 11 is 5.95. The Hall–Kier alpha value is -1.75. The van der Waals surface area contributed by atoms with Crippen LogP contribution in [0.3, 0.4) is 0 Å². The van der Waals surface area contributed by atoms with Gasteiger partial charge in [-0.15, -0.1) is 0 Å². The molecule has 114 valence electrons. The van der Waals surface area contributed by atoms with Crippen molar-refractivity contribution in [1.82, 2.24) is 4.90 Å². The van der Waals surface area contributed by atoms with Crippen LogP contribution in [0.2, 0.25) is 5.02 Å². The third kappa shape index (κ3) is 3.67. The van der Waals surface area contributed by atoms with E-state index in [0.717, 1.165) is 0 Å². The molecule has 0 bridgehead atoms. The van der Waals surface area contributed by atoms with E-state index in [1.807, 2.05) is 6.92 Å². The molecule has 2 unspecified atom stereocenters. The van der Waals surface area contributed by atoms with Gasteiger partial charge in [-0.25, -0.2) is 4.79 Å². The molecular weight excluding hydrogens is 294 g/mol. The molecule has 1 heterocycles. The van der Waals surface area contributed by atoms with E-state index in [1.165, 1.54) is 4.90 Å². The van der Waals surface area contributed by atoms with Crippen LogP contribution in [0.4, 0.5) is 0 Å². The second kappa shape index (κ2) is 6.80. The zero-order valence-electron chi connectivity index (χ0n) is 11.8. The number of likely N-dealkylation sites (tertiary alicyclic amines) is 1. The number of carboxylic acid groups (broad SMARTS) is 1. The highest BCUT2D eigenvalue weighted by Gasteiger charge is 2.39. The first-order chi connectivity index (χ1) is 10.0. The quantitative estimate of drug-likeness (QED) is 0.907. The van der Waals surface area contributed by atoms with Gasteiger partial charge in [-0.2, -0.15) is 0 Å². The fourth-order valence-corrected chi connectivity index (χ4v) is 2.75. The normalized spacial score (nSPS) is 21.3. The van der Waals surface area contributed by atoms with Crippen LogP contribution in [-0.4, -0.2) is 41.1 Å². The van der Waals surface area contributed by atoms with Gasteiger partial charge in [0.1, 0.15) is 11.8 Å². The number of carboxylic acids is 1. The number of hydrogen-bond donors (Lipinski definition) is 1. The molecule has 0 radical (unpaired) electrons. The zero-order valence-corrected chi connectivity index (χ0v) is 12.5. The maximum absolute atomic E-state index is 12.1. The molecule has 0 aliphatic carbocycles. The highest BCUT2D eigenvalue weighted by molar-refractivity contribution is 6.32. The monoisotopic (exact) mass is 311 g/mol. The van der Waals surface area contributed by atoms with Gasteiger partial charge in [0.25, 0.3) is 0 Å². The molecule has 21 heavy (non-hydrogen) atoms. The van der Waals surface area contributed by atoms with Crippen molar-refractivity contribution in [3.05, 3.63) is 29.3 Å². The molecular formula is C15H18ClNO4.